The normalized spacial score (nSPS) is 16.1. The number of benzene rings is 2. The van der Waals surface area contributed by atoms with E-state index in [1.54, 1.807) is 48.5 Å². The summed E-state index contributed by atoms with van der Waals surface area (Å²) in [6.45, 7) is 1.20. The molecule has 2 aromatic carbocycles. The lowest BCUT2D eigenvalue weighted by Crippen LogP contribution is -2.34. The summed E-state index contributed by atoms with van der Waals surface area (Å²) < 4.78 is 38.8. The van der Waals surface area contributed by atoms with Crippen LogP contribution in [0.1, 0.15) is 30.9 Å². The molecule has 0 fully saturated rings. The van der Waals surface area contributed by atoms with E-state index < -0.39 is 9.84 Å². The van der Waals surface area contributed by atoms with Crippen molar-refractivity contribution in [2.75, 3.05) is 19.7 Å². The highest BCUT2D eigenvalue weighted by molar-refractivity contribution is 7.95. The number of hydrogen-bond acceptors (Lipinski definition) is 4. The molecule has 152 valence electrons. The molecule has 0 aromatic heterocycles. The summed E-state index contributed by atoms with van der Waals surface area (Å²) >= 11 is 0. The first-order chi connectivity index (χ1) is 13.0. The highest BCUT2D eigenvalue weighted by Crippen LogP contribution is 2.31. The lowest BCUT2D eigenvalue weighted by Gasteiger charge is -2.34. The summed E-state index contributed by atoms with van der Waals surface area (Å²) in [5, 5.41) is 9.21. The molecular weight excluding hydrogens is 401 g/mol. The Bertz CT molecular complexity index is 886. The molecule has 1 aliphatic heterocycles. The lowest BCUT2D eigenvalue weighted by atomic mass is 9.99. The number of aliphatic hydroxyl groups excluding tert-OH is 1. The van der Waals surface area contributed by atoms with Crippen molar-refractivity contribution >= 4 is 22.2 Å². The predicted octanol–water partition coefficient (Wildman–Crippen LogP) is 4.12. The maximum Gasteiger partial charge on any atom is 0.202 e. The van der Waals surface area contributed by atoms with E-state index in [1.807, 2.05) is 0 Å². The quantitative estimate of drug-likeness (QED) is 0.724. The van der Waals surface area contributed by atoms with Crippen molar-refractivity contribution in [2.24, 2.45) is 0 Å². The highest BCUT2D eigenvalue weighted by atomic mass is 35.5. The van der Waals surface area contributed by atoms with Crippen LogP contribution in [0, 0.1) is 5.82 Å². The Hall–Kier alpha value is -1.73. The first-order valence-corrected chi connectivity index (χ1v) is 10.6. The third kappa shape index (κ3) is 5.20. The van der Waals surface area contributed by atoms with Crippen LogP contribution in [-0.2, 0) is 9.84 Å². The minimum Gasteiger partial charge on any atom is -0.396 e. The molecule has 1 aliphatic rings. The molecule has 0 saturated carbocycles. The molecule has 7 heteroatoms. The van der Waals surface area contributed by atoms with Gasteiger partial charge >= 0.3 is 0 Å². The molecule has 0 spiro atoms. The van der Waals surface area contributed by atoms with Crippen LogP contribution in [0.4, 0.5) is 4.39 Å². The maximum atomic E-state index is 13.3. The van der Waals surface area contributed by atoms with E-state index in [-0.39, 0.29) is 30.9 Å². The summed E-state index contributed by atoms with van der Waals surface area (Å²) in [7, 11) is -3.45. The largest absolute Gasteiger partial charge is 0.396 e. The van der Waals surface area contributed by atoms with Gasteiger partial charge in [-0.05, 0) is 49.1 Å². The fourth-order valence-electron chi connectivity index (χ4n) is 3.47. The van der Waals surface area contributed by atoms with Gasteiger partial charge in [-0.2, -0.15) is 0 Å². The summed E-state index contributed by atoms with van der Waals surface area (Å²) in [5.41, 5.74) is 0.979. The zero-order chi connectivity index (χ0) is 19.3. The lowest BCUT2D eigenvalue weighted by molar-refractivity contribution is 0.186. The number of halogens is 2. The molecule has 28 heavy (non-hydrogen) atoms. The molecule has 0 bridgehead atoms. The first-order valence-electron chi connectivity index (χ1n) is 9.12. The van der Waals surface area contributed by atoms with Gasteiger partial charge in [0.15, 0.2) is 0 Å². The van der Waals surface area contributed by atoms with E-state index in [9.17, 15) is 17.9 Å². The van der Waals surface area contributed by atoms with Crippen LogP contribution in [0.5, 0.6) is 0 Å². The van der Waals surface area contributed by atoms with E-state index >= 15 is 0 Å². The zero-order valence-corrected chi connectivity index (χ0v) is 17.1. The van der Waals surface area contributed by atoms with E-state index in [0.717, 1.165) is 12.0 Å². The van der Waals surface area contributed by atoms with Crippen LogP contribution >= 0.6 is 12.4 Å². The Labute approximate surface area is 172 Å². The molecule has 4 nitrogen and oxygen atoms in total. The van der Waals surface area contributed by atoms with Crippen LogP contribution in [-0.4, -0.2) is 38.1 Å². The number of nitrogens with zero attached hydrogens (tertiary/aromatic N) is 1. The van der Waals surface area contributed by atoms with Gasteiger partial charge < -0.3 is 5.11 Å². The van der Waals surface area contributed by atoms with Gasteiger partial charge in [0, 0.05) is 30.6 Å². The molecule has 1 N–H and O–H groups in total. The second-order valence-electron chi connectivity index (χ2n) is 6.67. The second-order valence-corrected chi connectivity index (χ2v) is 8.67. The van der Waals surface area contributed by atoms with E-state index in [0.29, 0.717) is 35.7 Å². The fraction of sp³-hybridized carbons (Fsp3) is 0.333. The third-order valence-electron chi connectivity index (χ3n) is 4.93. The van der Waals surface area contributed by atoms with Crippen molar-refractivity contribution in [3.05, 3.63) is 77.0 Å². The summed E-state index contributed by atoms with van der Waals surface area (Å²) in [5.74, 6) is -0.283. The van der Waals surface area contributed by atoms with Crippen LogP contribution in [0.15, 0.2) is 70.5 Å². The van der Waals surface area contributed by atoms with Crippen LogP contribution in [0.25, 0.3) is 0 Å². The standard InChI is InChI=1S/C21H24FNO3S.ClH/c22-18-10-8-17(9-11-18)21(7-4-16-24)23-14-12-20(13-15-23)27(25,26)19-5-2-1-3-6-19;/h1-3,5-6,8-12,21,24H,4,7,13-16H2;1H. The number of hydrogen-bond donors (Lipinski definition) is 1. The summed E-state index contributed by atoms with van der Waals surface area (Å²) in [4.78, 5) is 2.96. The zero-order valence-electron chi connectivity index (χ0n) is 15.5. The molecule has 1 heterocycles. The Morgan fingerprint density at radius 1 is 1.07 bits per heavy atom. The molecule has 0 aliphatic carbocycles. The van der Waals surface area contributed by atoms with Gasteiger partial charge in [-0.3, -0.25) is 4.90 Å². The average molecular weight is 426 g/mol. The number of rotatable bonds is 7. The molecule has 0 saturated heterocycles. The van der Waals surface area contributed by atoms with E-state index in [1.165, 1.54) is 12.1 Å². The Morgan fingerprint density at radius 2 is 1.75 bits per heavy atom. The van der Waals surface area contributed by atoms with Gasteiger partial charge in [-0.1, -0.05) is 36.4 Å². The Kier molecular flexibility index (Phi) is 8.19. The molecule has 1 atom stereocenters. The summed E-state index contributed by atoms with van der Waals surface area (Å²) in [6, 6.07) is 14.9. The Morgan fingerprint density at radius 3 is 2.32 bits per heavy atom. The van der Waals surface area contributed by atoms with Crippen LogP contribution < -0.4 is 0 Å². The molecule has 1 unspecified atom stereocenters. The van der Waals surface area contributed by atoms with Gasteiger partial charge in [0.2, 0.25) is 9.84 Å². The van der Waals surface area contributed by atoms with Gasteiger partial charge in [-0.15, -0.1) is 12.4 Å². The molecule has 2 aromatic rings. The topological polar surface area (TPSA) is 57.6 Å². The van der Waals surface area contributed by atoms with Gasteiger partial charge in [0.05, 0.1) is 4.90 Å². The monoisotopic (exact) mass is 425 g/mol. The molecule has 3 rings (SSSR count). The van der Waals surface area contributed by atoms with Gasteiger partial charge in [-0.25, -0.2) is 12.8 Å². The van der Waals surface area contributed by atoms with Crippen molar-refractivity contribution in [3.63, 3.8) is 0 Å². The number of aliphatic hydroxyl groups is 1. The van der Waals surface area contributed by atoms with Gasteiger partial charge in [0.1, 0.15) is 5.82 Å². The molecule has 0 amide bonds. The summed E-state index contributed by atoms with van der Waals surface area (Å²) in [6.07, 6.45) is 3.59. The number of sulfone groups is 1. The van der Waals surface area contributed by atoms with Crippen molar-refractivity contribution in [1.29, 1.82) is 0 Å². The highest BCUT2D eigenvalue weighted by Gasteiger charge is 2.27. The van der Waals surface area contributed by atoms with Gasteiger partial charge in [0.25, 0.3) is 0 Å². The van der Waals surface area contributed by atoms with Crippen molar-refractivity contribution in [1.82, 2.24) is 4.90 Å². The third-order valence-corrected chi connectivity index (χ3v) is 6.88. The van der Waals surface area contributed by atoms with Crippen molar-refractivity contribution in [2.45, 2.75) is 30.2 Å². The average Bonchev–Trinajstić information content (AvgIpc) is 2.70. The maximum absolute atomic E-state index is 13.3. The molecule has 0 radical (unpaired) electrons. The van der Waals surface area contributed by atoms with Crippen molar-refractivity contribution in [3.8, 4) is 0 Å². The first kappa shape index (κ1) is 22.6. The minimum absolute atomic E-state index is 0. The smallest absolute Gasteiger partial charge is 0.202 e. The Balaban J connectivity index is 0.00000280. The second kappa shape index (κ2) is 10.2. The molecular formula is C21H25ClFNO3S. The van der Waals surface area contributed by atoms with Crippen LogP contribution in [0.3, 0.4) is 0 Å². The van der Waals surface area contributed by atoms with Crippen molar-refractivity contribution < 1.29 is 17.9 Å². The SMILES string of the molecule is Cl.O=S(=O)(C1=CCN(C(CCCO)c2ccc(F)cc2)CC1)c1ccccc1. The minimum atomic E-state index is -3.45. The van der Waals surface area contributed by atoms with E-state index in [2.05, 4.69) is 4.90 Å². The predicted molar refractivity (Wildman–Crippen MR) is 111 cm³/mol. The fourth-order valence-corrected chi connectivity index (χ4v) is 4.95. The van der Waals surface area contributed by atoms with E-state index in [4.69, 9.17) is 0 Å². The van der Waals surface area contributed by atoms with Crippen LogP contribution in [0.2, 0.25) is 0 Å².